The van der Waals surface area contributed by atoms with E-state index in [0.717, 1.165) is 10.0 Å². The van der Waals surface area contributed by atoms with E-state index in [1.807, 2.05) is 18.2 Å². The van der Waals surface area contributed by atoms with Crippen molar-refractivity contribution >= 4 is 33.2 Å². The Balaban J connectivity index is 2.01. The highest BCUT2D eigenvalue weighted by Crippen LogP contribution is 2.35. The van der Waals surface area contributed by atoms with Gasteiger partial charge in [0.1, 0.15) is 23.5 Å². The normalized spacial score (nSPS) is 16.0. The van der Waals surface area contributed by atoms with E-state index in [1.54, 1.807) is 12.1 Å². The van der Waals surface area contributed by atoms with Gasteiger partial charge in [-0.1, -0.05) is 22.0 Å². The van der Waals surface area contributed by atoms with Crippen molar-refractivity contribution < 1.29 is 9.18 Å². The Kier molecular flexibility index (Phi) is 3.35. The van der Waals surface area contributed by atoms with Crippen LogP contribution in [0.2, 0.25) is 0 Å². The van der Waals surface area contributed by atoms with Crippen LogP contribution in [0.4, 0.5) is 15.8 Å². The van der Waals surface area contributed by atoms with Crippen LogP contribution in [0, 0.1) is 17.1 Å². The second-order valence-corrected chi connectivity index (χ2v) is 5.49. The summed E-state index contributed by atoms with van der Waals surface area (Å²) >= 11 is 3.36. The second-order valence-electron chi connectivity index (χ2n) is 4.57. The minimum atomic E-state index is -0.661. The lowest BCUT2D eigenvalue weighted by atomic mass is 10.1. The fraction of sp³-hybridized carbons (Fsp3) is 0.0667. The Labute approximate surface area is 128 Å². The summed E-state index contributed by atoms with van der Waals surface area (Å²) in [6.07, 6.45) is 0. The number of anilines is 2. The number of hydrogen-bond donors (Lipinski definition) is 2. The molecule has 0 aromatic heterocycles. The highest BCUT2D eigenvalue weighted by Gasteiger charge is 2.31. The zero-order valence-electron chi connectivity index (χ0n) is 10.7. The summed E-state index contributed by atoms with van der Waals surface area (Å²) in [6, 6.07) is 10.9. The smallest absolute Gasteiger partial charge is 0.251 e. The van der Waals surface area contributed by atoms with E-state index in [9.17, 15) is 9.18 Å². The van der Waals surface area contributed by atoms with Gasteiger partial charge in [-0.2, -0.15) is 5.26 Å². The minimum Gasteiger partial charge on any atom is -0.369 e. The summed E-state index contributed by atoms with van der Waals surface area (Å²) < 4.78 is 14.4. The summed E-state index contributed by atoms with van der Waals surface area (Å²) in [4.78, 5) is 12.1. The Bertz CT molecular complexity index is 785. The predicted octanol–water partition coefficient (Wildman–Crippen LogP) is 3.57. The molecule has 2 N–H and O–H groups in total. The SMILES string of the molecule is N#Cc1c(F)cccc1NC1C(=O)Nc2ccc(Br)cc21. The molecule has 0 saturated carbocycles. The van der Waals surface area contributed by atoms with Crippen LogP contribution in [0.1, 0.15) is 17.2 Å². The van der Waals surface area contributed by atoms with Crippen molar-refractivity contribution in [2.24, 2.45) is 0 Å². The maximum absolute atomic E-state index is 13.6. The van der Waals surface area contributed by atoms with Gasteiger partial charge in [0.15, 0.2) is 0 Å². The molecule has 2 aromatic carbocycles. The standard InChI is InChI=1S/C15H9BrFN3O/c16-8-4-5-13-9(6-8)14(15(21)20-13)19-12-3-1-2-11(17)10(12)7-18/h1-6,14,19H,(H,20,21). The first kappa shape index (κ1) is 13.6. The molecule has 1 unspecified atom stereocenters. The van der Waals surface area contributed by atoms with Gasteiger partial charge in [0, 0.05) is 15.7 Å². The van der Waals surface area contributed by atoms with Crippen LogP contribution in [0.25, 0.3) is 0 Å². The number of fused-ring (bicyclic) bond motifs is 1. The number of nitrogens with one attached hydrogen (secondary N) is 2. The van der Waals surface area contributed by atoms with Crippen LogP contribution < -0.4 is 10.6 Å². The second kappa shape index (κ2) is 5.19. The van der Waals surface area contributed by atoms with Crippen molar-refractivity contribution in [1.29, 1.82) is 5.26 Å². The molecule has 1 aliphatic heterocycles. The quantitative estimate of drug-likeness (QED) is 0.874. The van der Waals surface area contributed by atoms with E-state index < -0.39 is 11.9 Å². The summed E-state index contributed by atoms with van der Waals surface area (Å²) in [5.41, 5.74) is 1.65. The van der Waals surface area contributed by atoms with E-state index in [4.69, 9.17) is 5.26 Å². The number of nitrogens with zero attached hydrogens (tertiary/aromatic N) is 1. The molecule has 1 atom stereocenters. The predicted molar refractivity (Wildman–Crippen MR) is 80.3 cm³/mol. The maximum atomic E-state index is 13.6. The molecule has 1 aliphatic rings. The number of rotatable bonds is 2. The molecule has 0 bridgehead atoms. The summed E-state index contributed by atoms with van der Waals surface area (Å²) in [7, 11) is 0. The highest BCUT2D eigenvalue weighted by atomic mass is 79.9. The van der Waals surface area contributed by atoms with Gasteiger partial charge in [0.2, 0.25) is 0 Å². The molecule has 0 radical (unpaired) electrons. The molecule has 2 aromatic rings. The third-order valence-corrected chi connectivity index (χ3v) is 3.76. The van der Waals surface area contributed by atoms with Crippen LogP contribution >= 0.6 is 15.9 Å². The third kappa shape index (κ3) is 2.36. The van der Waals surface area contributed by atoms with Crippen molar-refractivity contribution in [1.82, 2.24) is 0 Å². The number of amides is 1. The van der Waals surface area contributed by atoms with Gasteiger partial charge >= 0.3 is 0 Å². The number of benzene rings is 2. The van der Waals surface area contributed by atoms with Crippen molar-refractivity contribution in [2.45, 2.75) is 6.04 Å². The van der Waals surface area contributed by atoms with Crippen LogP contribution in [-0.2, 0) is 4.79 Å². The Morgan fingerprint density at radius 2 is 2.14 bits per heavy atom. The van der Waals surface area contributed by atoms with Gasteiger partial charge < -0.3 is 10.6 Å². The summed E-state index contributed by atoms with van der Waals surface area (Å²) in [6.45, 7) is 0. The zero-order chi connectivity index (χ0) is 15.0. The van der Waals surface area contributed by atoms with E-state index in [1.165, 1.54) is 12.1 Å². The van der Waals surface area contributed by atoms with Crippen LogP contribution in [0.15, 0.2) is 40.9 Å². The molecule has 0 saturated heterocycles. The summed E-state index contributed by atoms with van der Waals surface area (Å²) in [5, 5.41) is 14.7. The molecule has 0 fully saturated rings. The van der Waals surface area contributed by atoms with Gasteiger partial charge in [0.25, 0.3) is 5.91 Å². The number of nitriles is 1. The first-order valence-corrected chi connectivity index (χ1v) is 6.95. The summed E-state index contributed by atoms with van der Waals surface area (Å²) in [5.74, 6) is -0.855. The zero-order valence-corrected chi connectivity index (χ0v) is 12.2. The first-order valence-electron chi connectivity index (χ1n) is 6.15. The average molecular weight is 346 g/mol. The molecular weight excluding hydrogens is 337 g/mol. The molecule has 104 valence electrons. The van der Waals surface area contributed by atoms with Crippen molar-refractivity contribution in [3.63, 3.8) is 0 Å². The van der Waals surface area contributed by atoms with Gasteiger partial charge in [-0.25, -0.2) is 4.39 Å². The number of carbonyl (C=O) groups excluding carboxylic acids is 1. The molecule has 1 heterocycles. The van der Waals surface area contributed by atoms with Crippen LogP contribution in [-0.4, -0.2) is 5.91 Å². The molecule has 4 nitrogen and oxygen atoms in total. The van der Waals surface area contributed by atoms with Crippen molar-refractivity contribution in [2.75, 3.05) is 10.6 Å². The largest absolute Gasteiger partial charge is 0.369 e. The van der Waals surface area contributed by atoms with Crippen LogP contribution in [0.3, 0.4) is 0 Å². The number of hydrogen-bond acceptors (Lipinski definition) is 3. The topological polar surface area (TPSA) is 64.9 Å². The Morgan fingerprint density at radius 1 is 1.33 bits per heavy atom. The van der Waals surface area contributed by atoms with Crippen molar-refractivity contribution in [3.05, 3.63) is 57.8 Å². The van der Waals surface area contributed by atoms with E-state index >= 15 is 0 Å². The van der Waals surface area contributed by atoms with Gasteiger partial charge in [0.05, 0.1) is 5.69 Å². The van der Waals surface area contributed by atoms with Gasteiger partial charge in [-0.15, -0.1) is 0 Å². The van der Waals surface area contributed by atoms with Crippen molar-refractivity contribution in [3.8, 4) is 6.07 Å². The lowest BCUT2D eigenvalue weighted by Crippen LogP contribution is -2.20. The average Bonchev–Trinajstić information content (AvgIpc) is 2.75. The molecule has 1 amide bonds. The van der Waals surface area contributed by atoms with E-state index in [-0.39, 0.29) is 11.5 Å². The first-order chi connectivity index (χ1) is 10.1. The molecule has 0 aliphatic carbocycles. The molecule has 0 spiro atoms. The highest BCUT2D eigenvalue weighted by molar-refractivity contribution is 9.10. The number of carbonyl (C=O) groups is 1. The monoisotopic (exact) mass is 345 g/mol. The van der Waals surface area contributed by atoms with E-state index in [2.05, 4.69) is 26.6 Å². The fourth-order valence-electron chi connectivity index (χ4n) is 2.29. The maximum Gasteiger partial charge on any atom is 0.251 e. The van der Waals surface area contributed by atoms with Crippen LogP contribution in [0.5, 0.6) is 0 Å². The van der Waals surface area contributed by atoms with Gasteiger partial charge in [-0.05, 0) is 30.3 Å². The molecular formula is C15H9BrFN3O. The minimum absolute atomic E-state index is 0.103. The Morgan fingerprint density at radius 3 is 2.90 bits per heavy atom. The lowest BCUT2D eigenvalue weighted by molar-refractivity contribution is -0.116. The fourth-order valence-corrected chi connectivity index (χ4v) is 2.67. The number of halogens is 2. The molecule has 6 heteroatoms. The van der Waals surface area contributed by atoms with E-state index in [0.29, 0.717) is 11.4 Å². The molecule has 3 rings (SSSR count). The Hall–Kier alpha value is -2.39. The lowest BCUT2D eigenvalue weighted by Gasteiger charge is -2.14. The third-order valence-electron chi connectivity index (χ3n) is 3.27. The molecule has 21 heavy (non-hydrogen) atoms. The van der Waals surface area contributed by atoms with Gasteiger partial charge in [-0.3, -0.25) is 4.79 Å².